The second-order valence-corrected chi connectivity index (χ2v) is 3.48. The quantitative estimate of drug-likeness (QED) is 0.460. The second kappa shape index (κ2) is 5.54. The Morgan fingerprint density at radius 1 is 1.40 bits per heavy atom. The molecule has 0 saturated heterocycles. The number of thioether (sulfide) groups is 1. The first-order valence-electron chi connectivity index (χ1n) is 3.37. The summed E-state index contributed by atoms with van der Waals surface area (Å²) in [6, 6.07) is 0. The molecule has 0 spiro atoms. The fourth-order valence-corrected chi connectivity index (χ4v) is 1.52. The van der Waals surface area contributed by atoms with E-state index < -0.39 is 0 Å². The van der Waals surface area contributed by atoms with Crippen molar-refractivity contribution in [2.45, 2.75) is 19.1 Å². The van der Waals surface area contributed by atoms with Gasteiger partial charge in [0.15, 0.2) is 0 Å². The average molecular weight is 158 g/mol. The minimum Gasteiger partial charge on any atom is -0.299 e. The van der Waals surface area contributed by atoms with Gasteiger partial charge in [-0.15, -0.1) is 0 Å². The zero-order chi connectivity index (χ0) is 7.98. The van der Waals surface area contributed by atoms with Crippen LogP contribution in [0.4, 0.5) is 0 Å². The molecule has 0 aliphatic rings. The van der Waals surface area contributed by atoms with E-state index in [0.717, 1.165) is 6.29 Å². The Kier molecular flexibility index (Phi) is 5.40. The summed E-state index contributed by atoms with van der Waals surface area (Å²) >= 11 is 1.77. The van der Waals surface area contributed by atoms with E-state index >= 15 is 0 Å². The second-order valence-electron chi connectivity index (χ2n) is 2.47. The van der Waals surface area contributed by atoms with Gasteiger partial charge in [-0.2, -0.15) is 11.8 Å². The molecular formula is C8H14OS. The van der Waals surface area contributed by atoms with Gasteiger partial charge in [0.25, 0.3) is 0 Å². The maximum absolute atomic E-state index is 9.95. The van der Waals surface area contributed by atoms with Crippen molar-refractivity contribution < 1.29 is 4.79 Å². The van der Waals surface area contributed by atoms with E-state index in [1.54, 1.807) is 17.8 Å². The molecule has 1 nitrogen and oxygen atoms in total. The zero-order valence-electron chi connectivity index (χ0n) is 6.70. The van der Waals surface area contributed by atoms with Crippen molar-refractivity contribution in [2.75, 3.05) is 6.26 Å². The van der Waals surface area contributed by atoms with Crippen LogP contribution in [0, 0.1) is 5.92 Å². The van der Waals surface area contributed by atoms with E-state index in [1.807, 2.05) is 6.08 Å². The van der Waals surface area contributed by atoms with E-state index in [1.165, 1.54) is 0 Å². The summed E-state index contributed by atoms with van der Waals surface area (Å²) in [6.45, 7) is 4.30. The van der Waals surface area contributed by atoms with Gasteiger partial charge in [0.1, 0.15) is 6.29 Å². The lowest BCUT2D eigenvalue weighted by Crippen LogP contribution is -2.06. The standard InChI is InChI=1S/C8H14OS/c1-7(2)8(10-3)5-4-6-9/h4-8H,1-3H3/b5-4+. The third-order valence-electron chi connectivity index (χ3n) is 1.31. The lowest BCUT2D eigenvalue weighted by atomic mass is 10.1. The Bertz CT molecular complexity index is 118. The van der Waals surface area contributed by atoms with Crippen molar-refractivity contribution in [3.8, 4) is 0 Å². The summed E-state index contributed by atoms with van der Waals surface area (Å²) in [5, 5.41) is 0.477. The van der Waals surface area contributed by atoms with Crippen LogP contribution in [0.5, 0.6) is 0 Å². The SMILES string of the molecule is CSC(/C=C/C=O)C(C)C. The van der Waals surface area contributed by atoms with Crippen molar-refractivity contribution in [3.63, 3.8) is 0 Å². The molecule has 0 rings (SSSR count). The monoisotopic (exact) mass is 158 g/mol. The highest BCUT2D eigenvalue weighted by Crippen LogP contribution is 2.17. The third-order valence-corrected chi connectivity index (χ3v) is 2.55. The molecule has 0 aromatic rings. The van der Waals surface area contributed by atoms with Gasteiger partial charge in [-0.05, 0) is 18.2 Å². The topological polar surface area (TPSA) is 17.1 Å². The molecule has 0 amide bonds. The van der Waals surface area contributed by atoms with Crippen LogP contribution < -0.4 is 0 Å². The number of hydrogen-bond donors (Lipinski definition) is 0. The normalized spacial score (nSPS) is 14.4. The van der Waals surface area contributed by atoms with E-state index in [4.69, 9.17) is 0 Å². The zero-order valence-corrected chi connectivity index (χ0v) is 7.52. The highest BCUT2D eigenvalue weighted by molar-refractivity contribution is 7.99. The molecule has 1 unspecified atom stereocenters. The molecule has 0 aromatic carbocycles. The third kappa shape index (κ3) is 3.72. The van der Waals surface area contributed by atoms with E-state index in [-0.39, 0.29) is 0 Å². The number of carbonyl (C=O) groups excluding carboxylic acids is 1. The summed E-state index contributed by atoms with van der Waals surface area (Å²) in [7, 11) is 0. The molecule has 0 radical (unpaired) electrons. The van der Waals surface area contributed by atoms with E-state index in [2.05, 4.69) is 20.1 Å². The number of carbonyl (C=O) groups is 1. The first kappa shape index (κ1) is 9.76. The summed E-state index contributed by atoms with van der Waals surface area (Å²) in [5.41, 5.74) is 0. The van der Waals surface area contributed by atoms with Crippen LogP contribution >= 0.6 is 11.8 Å². The van der Waals surface area contributed by atoms with Gasteiger partial charge < -0.3 is 0 Å². The number of hydrogen-bond acceptors (Lipinski definition) is 2. The smallest absolute Gasteiger partial charge is 0.142 e. The Labute approximate surface area is 66.9 Å². The van der Waals surface area contributed by atoms with Gasteiger partial charge in [0, 0.05) is 5.25 Å². The fraction of sp³-hybridized carbons (Fsp3) is 0.625. The minimum atomic E-state index is 0.477. The van der Waals surface area contributed by atoms with Crippen molar-refractivity contribution in [3.05, 3.63) is 12.2 Å². The van der Waals surface area contributed by atoms with Crippen LogP contribution in [0.3, 0.4) is 0 Å². The van der Waals surface area contributed by atoms with Crippen molar-refractivity contribution in [1.29, 1.82) is 0 Å². The predicted molar refractivity (Wildman–Crippen MR) is 47.3 cm³/mol. The van der Waals surface area contributed by atoms with Crippen LogP contribution in [-0.2, 0) is 4.79 Å². The summed E-state index contributed by atoms with van der Waals surface area (Å²) in [4.78, 5) is 9.95. The minimum absolute atomic E-state index is 0.477. The maximum atomic E-state index is 9.95. The number of rotatable bonds is 4. The molecule has 2 heteroatoms. The molecule has 0 N–H and O–H groups in total. The summed E-state index contributed by atoms with van der Waals surface area (Å²) in [6.07, 6.45) is 6.40. The Morgan fingerprint density at radius 3 is 2.30 bits per heavy atom. The van der Waals surface area contributed by atoms with Crippen molar-refractivity contribution >= 4 is 18.0 Å². The molecular weight excluding hydrogens is 144 g/mol. The highest BCUT2D eigenvalue weighted by atomic mass is 32.2. The fourth-order valence-electron chi connectivity index (χ4n) is 0.728. The summed E-state index contributed by atoms with van der Waals surface area (Å²) < 4.78 is 0. The number of allylic oxidation sites excluding steroid dienone is 1. The molecule has 58 valence electrons. The van der Waals surface area contributed by atoms with E-state index in [9.17, 15) is 4.79 Å². The molecule has 10 heavy (non-hydrogen) atoms. The Morgan fingerprint density at radius 2 is 2.00 bits per heavy atom. The van der Waals surface area contributed by atoms with Crippen molar-refractivity contribution in [1.82, 2.24) is 0 Å². The molecule has 0 bridgehead atoms. The number of aldehydes is 1. The highest BCUT2D eigenvalue weighted by Gasteiger charge is 2.05. The van der Waals surface area contributed by atoms with Crippen molar-refractivity contribution in [2.24, 2.45) is 5.92 Å². The molecule has 0 aliphatic heterocycles. The van der Waals surface area contributed by atoms with Gasteiger partial charge in [0.2, 0.25) is 0 Å². The molecule has 0 aliphatic carbocycles. The van der Waals surface area contributed by atoms with Gasteiger partial charge in [-0.1, -0.05) is 19.9 Å². The largest absolute Gasteiger partial charge is 0.299 e. The van der Waals surface area contributed by atoms with Gasteiger partial charge in [0.05, 0.1) is 0 Å². The molecule has 1 atom stereocenters. The van der Waals surface area contributed by atoms with Gasteiger partial charge >= 0.3 is 0 Å². The Balaban J connectivity index is 3.82. The average Bonchev–Trinajstić information content (AvgIpc) is 1.89. The lowest BCUT2D eigenvalue weighted by Gasteiger charge is -2.12. The summed E-state index contributed by atoms with van der Waals surface area (Å²) in [5.74, 6) is 0.603. The predicted octanol–water partition coefficient (Wildman–Crippen LogP) is 2.13. The molecule has 0 fully saturated rings. The van der Waals surface area contributed by atoms with Crippen LogP contribution in [0.15, 0.2) is 12.2 Å². The molecule has 0 aromatic heterocycles. The van der Waals surface area contributed by atoms with Crippen LogP contribution in [-0.4, -0.2) is 17.8 Å². The van der Waals surface area contributed by atoms with E-state index in [0.29, 0.717) is 11.2 Å². The first-order valence-corrected chi connectivity index (χ1v) is 4.66. The first-order chi connectivity index (χ1) is 4.72. The van der Waals surface area contributed by atoms with Gasteiger partial charge in [-0.3, -0.25) is 4.79 Å². The molecule has 0 saturated carbocycles. The van der Waals surface area contributed by atoms with Crippen LogP contribution in [0.2, 0.25) is 0 Å². The van der Waals surface area contributed by atoms with Crippen LogP contribution in [0.1, 0.15) is 13.8 Å². The lowest BCUT2D eigenvalue weighted by molar-refractivity contribution is -0.104. The molecule has 0 heterocycles. The van der Waals surface area contributed by atoms with Gasteiger partial charge in [-0.25, -0.2) is 0 Å². The Hall–Kier alpha value is -0.240. The van der Waals surface area contributed by atoms with Crippen LogP contribution in [0.25, 0.3) is 0 Å². The maximum Gasteiger partial charge on any atom is 0.142 e.